The fraction of sp³-hybridized carbons (Fsp3) is 0.250. The Morgan fingerprint density at radius 1 is 1.56 bits per heavy atom. The Hall–Kier alpha value is -0.870. The monoisotopic (exact) mass is 298 g/mol. The maximum atomic E-state index is 10.7. The average Bonchev–Trinajstić information content (AvgIpc) is 2.59. The van der Waals surface area contributed by atoms with Crippen LogP contribution in [0, 0.1) is 0 Å². The summed E-state index contributed by atoms with van der Waals surface area (Å²) in [6, 6.07) is 6.10. The van der Waals surface area contributed by atoms with E-state index in [2.05, 4.69) is 27.4 Å². The van der Waals surface area contributed by atoms with Crippen molar-refractivity contribution in [2.45, 2.75) is 19.3 Å². The molecule has 1 atom stereocenters. The highest BCUT2D eigenvalue weighted by Gasteiger charge is 2.14. The van der Waals surface area contributed by atoms with Gasteiger partial charge in [-0.25, -0.2) is 0 Å². The number of hydrogen-bond acceptors (Lipinski definition) is 2. The molecule has 0 spiro atoms. The summed E-state index contributed by atoms with van der Waals surface area (Å²) < 4.78 is 2.25. The van der Waals surface area contributed by atoms with Gasteiger partial charge < -0.3 is 5.11 Å². The maximum absolute atomic E-state index is 10.7. The minimum Gasteiger partial charge on any atom is -0.481 e. The van der Waals surface area contributed by atoms with Crippen molar-refractivity contribution in [2.75, 3.05) is 0 Å². The van der Waals surface area contributed by atoms with E-state index >= 15 is 0 Å². The molecular formula is C12H11BrO2S. The molecule has 1 unspecified atom stereocenters. The van der Waals surface area contributed by atoms with Crippen molar-refractivity contribution in [2.24, 2.45) is 0 Å². The van der Waals surface area contributed by atoms with Crippen LogP contribution in [0.2, 0.25) is 0 Å². The molecule has 1 aromatic carbocycles. The number of aliphatic carboxylic acids is 1. The van der Waals surface area contributed by atoms with Gasteiger partial charge in [0.05, 0.1) is 6.42 Å². The predicted octanol–water partition coefficient (Wildman–Crippen LogP) is 4.24. The fourth-order valence-corrected chi connectivity index (χ4v) is 3.41. The highest BCUT2D eigenvalue weighted by molar-refractivity contribution is 9.10. The quantitative estimate of drug-likeness (QED) is 0.920. The standard InChI is InChI=1S/C12H11BrO2S/c1-7(4-12(14)15)10-6-16-11-5-8(13)2-3-9(10)11/h2-3,5-7H,4H2,1H3,(H,14,15). The van der Waals surface area contributed by atoms with Crippen molar-refractivity contribution in [1.82, 2.24) is 0 Å². The molecule has 16 heavy (non-hydrogen) atoms. The van der Waals surface area contributed by atoms with Crippen LogP contribution < -0.4 is 0 Å². The molecule has 84 valence electrons. The Morgan fingerprint density at radius 2 is 2.31 bits per heavy atom. The molecule has 0 aliphatic heterocycles. The molecule has 0 saturated carbocycles. The van der Waals surface area contributed by atoms with Crippen LogP contribution in [0.4, 0.5) is 0 Å². The summed E-state index contributed by atoms with van der Waals surface area (Å²) in [6.45, 7) is 1.96. The molecule has 0 amide bonds. The third-order valence-electron chi connectivity index (χ3n) is 2.58. The van der Waals surface area contributed by atoms with Gasteiger partial charge in [0.1, 0.15) is 0 Å². The van der Waals surface area contributed by atoms with E-state index in [0.717, 1.165) is 10.0 Å². The number of hydrogen-bond donors (Lipinski definition) is 1. The van der Waals surface area contributed by atoms with E-state index < -0.39 is 5.97 Å². The van der Waals surface area contributed by atoms with Crippen LogP contribution in [0.1, 0.15) is 24.8 Å². The topological polar surface area (TPSA) is 37.3 Å². The number of carboxylic acids is 1. The van der Waals surface area contributed by atoms with E-state index in [-0.39, 0.29) is 12.3 Å². The number of thiophene rings is 1. The smallest absolute Gasteiger partial charge is 0.303 e. The number of carbonyl (C=O) groups is 1. The van der Waals surface area contributed by atoms with Crippen LogP contribution in [-0.4, -0.2) is 11.1 Å². The molecule has 1 heterocycles. The summed E-state index contributed by atoms with van der Waals surface area (Å²) in [4.78, 5) is 10.7. The molecule has 0 bridgehead atoms. The SMILES string of the molecule is CC(CC(=O)O)c1csc2cc(Br)ccc12. The molecule has 0 saturated heterocycles. The number of carboxylic acid groups (broad SMARTS) is 1. The van der Waals surface area contributed by atoms with Gasteiger partial charge in [-0.3, -0.25) is 4.79 Å². The Kier molecular flexibility index (Phi) is 3.30. The zero-order chi connectivity index (χ0) is 11.7. The number of benzene rings is 1. The second kappa shape index (κ2) is 4.55. The van der Waals surface area contributed by atoms with Crippen molar-refractivity contribution in [3.05, 3.63) is 33.6 Å². The van der Waals surface area contributed by atoms with E-state index in [4.69, 9.17) is 5.11 Å². The fourth-order valence-electron chi connectivity index (χ4n) is 1.78. The van der Waals surface area contributed by atoms with E-state index in [1.54, 1.807) is 11.3 Å². The molecular weight excluding hydrogens is 288 g/mol. The third-order valence-corrected chi connectivity index (χ3v) is 4.04. The first-order chi connectivity index (χ1) is 7.58. The molecule has 0 aliphatic rings. The van der Waals surface area contributed by atoms with E-state index in [1.807, 2.05) is 19.1 Å². The summed E-state index contributed by atoms with van der Waals surface area (Å²) in [7, 11) is 0. The summed E-state index contributed by atoms with van der Waals surface area (Å²) in [6.07, 6.45) is 0.182. The van der Waals surface area contributed by atoms with Gasteiger partial charge in [-0.1, -0.05) is 28.9 Å². The summed E-state index contributed by atoms with van der Waals surface area (Å²) in [5.41, 5.74) is 1.13. The van der Waals surface area contributed by atoms with Gasteiger partial charge >= 0.3 is 5.97 Å². The van der Waals surface area contributed by atoms with Crippen LogP contribution in [0.15, 0.2) is 28.1 Å². The zero-order valence-electron chi connectivity index (χ0n) is 8.74. The van der Waals surface area contributed by atoms with Crippen molar-refractivity contribution in [3.63, 3.8) is 0 Å². The molecule has 1 N–H and O–H groups in total. The Labute approximate surface area is 106 Å². The van der Waals surface area contributed by atoms with Crippen LogP contribution in [0.25, 0.3) is 10.1 Å². The van der Waals surface area contributed by atoms with Crippen molar-refractivity contribution < 1.29 is 9.90 Å². The molecule has 4 heteroatoms. The van der Waals surface area contributed by atoms with Crippen LogP contribution in [0.3, 0.4) is 0 Å². The van der Waals surface area contributed by atoms with Gasteiger partial charge in [-0.15, -0.1) is 11.3 Å². The van der Waals surface area contributed by atoms with Crippen LogP contribution >= 0.6 is 27.3 Å². The highest BCUT2D eigenvalue weighted by Crippen LogP contribution is 2.34. The Balaban J connectivity index is 2.41. The van der Waals surface area contributed by atoms with Gasteiger partial charge in [0, 0.05) is 9.17 Å². The first kappa shape index (κ1) is 11.6. The summed E-state index contributed by atoms with van der Waals surface area (Å²) >= 11 is 5.09. The summed E-state index contributed by atoms with van der Waals surface area (Å²) in [5, 5.41) is 12.0. The molecule has 0 radical (unpaired) electrons. The lowest BCUT2D eigenvalue weighted by atomic mass is 9.97. The predicted molar refractivity (Wildman–Crippen MR) is 70.2 cm³/mol. The molecule has 0 fully saturated rings. The summed E-state index contributed by atoms with van der Waals surface area (Å²) in [5.74, 6) is -0.684. The molecule has 2 nitrogen and oxygen atoms in total. The van der Waals surface area contributed by atoms with E-state index in [1.165, 1.54) is 10.1 Å². The molecule has 2 aromatic rings. The lowest BCUT2D eigenvalue weighted by Crippen LogP contribution is -2.01. The van der Waals surface area contributed by atoms with Crippen molar-refractivity contribution in [3.8, 4) is 0 Å². The van der Waals surface area contributed by atoms with Gasteiger partial charge in [0.2, 0.25) is 0 Å². The number of fused-ring (bicyclic) bond motifs is 1. The van der Waals surface area contributed by atoms with Crippen LogP contribution in [-0.2, 0) is 4.79 Å². The highest BCUT2D eigenvalue weighted by atomic mass is 79.9. The van der Waals surface area contributed by atoms with Gasteiger partial charge in [-0.2, -0.15) is 0 Å². The van der Waals surface area contributed by atoms with Gasteiger partial charge in [-0.05, 0) is 34.4 Å². The minimum absolute atomic E-state index is 0.0624. The zero-order valence-corrected chi connectivity index (χ0v) is 11.1. The first-order valence-corrected chi connectivity index (χ1v) is 6.63. The van der Waals surface area contributed by atoms with Gasteiger partial charge in [0.15, 0.2) is 0 Å². The third kappa shape index (κ3) is 2.28. The number of rotatable bonds is 3. The molecule has 1 aromatic heterocycles. The van der Waals surface area contributed by atoms with Crippen molar-refractivity contribution in [1.29, 1.82) is 0 Å². The van der Waals surface area contributed by atoms with E-state index in [9.17, 15) is 4.79 Å². The largest absolute Gasteiger partial charge is 0.481 e. The molecule has 2 rings (SSSR count). The van der Waals surface area contributed by atoms with Gasteiger partial charge in [0.25, 0.3) is 0 Å². The second-order valence-electron chi connectivity index (χ2n) is 3.83. The first-order valence-electron chi connectivity index (χ1n) is 4.96. The van der Waals surface area contributed by atoms with Crippen molar-refractivity contribution >= 4 is 43.3 Å². The molecule has 0 aliphatic carbocycles. The second-order valence-corrected chi connectivity index (χ2v) is 5.66. The van der Waals surface area contributed by atoms with E-state index in [0.29, 0.717) is 0 Å². The number of halogens is 1. The maximum Gasteiger partial charge on any atom is 0.303 e. The average molecular weight is 299 g/mol. The Morgan fingerprint density at radius 3 is 3.00 bits per heavy atom. The lowest BCUT2D eigenvalue weighted by molar-refractivity contribution is -0.137. The van der Waals surface area contributed by atoms with Crippen LogP contribution in [0.5, 0.6) is 0 Å². The minimum atomic E-state index is -0.746. The Bertz CT molecular complexity index is 533. The lowest BCUT2D eigenvalue weighted by Gasteiger charge is -2.07. The normalized spacial score (nSPS) is 12.9.